The van der Waals surface area contributed by atoms with Gasteiger partial charge in [-0.15, -0.1) is 0 Å². The fourth-order valence-corrected chi connectivity index (χ4v) is 5.92. The predicted octanol–water partition coefficient (Wildman–Crippen LogP) is 3.04. The highest BCUT2D eigenvalue weighted by Crippen LogP contribution is 2.45. The second-order valence-electron chi connectivity index (χ2n) is 8.71. The maximum absolute atomic E-state index is 13.1. The average Bonchev–Trinajstić information content (AvgIpc) is 3.17. The minimum atomic E-state index is -3.62. The molecule has 1 N–H and O–H groups in total. The van der Waals surface area contributed by atoms with Crippen LogP contribution in [-0.2, 0) is 26.0 Å². The van der Waals surface area contributed by atoms with Crippen molar-refractivity contribution in [2.45, 2.75) is 56.1 Å². The van der Waals surface area contributed by atoms with Crippen LogP contribution in [0.4, 0.5) is 0 Å². The lowest BCUT2D eigenvalue weighted by Crippen LogP contribution is -2.37. The summed E-state index contributed by atoms with van der Waals surface area (Å²) in [4.78, 5) is 30.4. The number of ketones is 2. The molecular weight excluding hydrogens is 426 g/mol. The summed E-state index contributed by atoms with van der Waals surface area (Å²) in [5.41, 5.74) is 4.43. The number of rotatable bonds is 4. The number of carbonyl (C=O) groups excluding carboxylic acids is 2. The van der Waals surface area contributed by atoms with Crippen LogP contribution in [0.5, 0.6) is 0 Å². The van der Waals surface area contributed by atoms with Gasteiger partial charge in [0.25, 0.3) is 0 Å². The van der Waals surface area contributed by atoms with Gasteiger partial charge in [-0.25, -0.2) is 13.4 Å². The van der Waals surface area contributed by atoms with Crippen LogP contribution in [-0.4, -0.2) is 35.8 Å². The monoisotopic (exact) mass is 451 g/mol. The molecule has 0 saturated heterocycles. The summed E-state index contributed by atoms with van der Waals surface area (Å²) in [7, 11) is -3.62. The van der Waals surface area contributed by atoms with Crippen molar-refractivity contribution in [2.24, 2.45) is 0 Å². The van der Waals surface area contributed by atoms with Gasteiger partial charge in [-0.1, -0.05) is 30.3 Å². The molecule has 0 spiro atoms. The fourth-order valence-electron chi connectivity index (χ4n) is 5.10. The van der Waals surface area contributed by atoms with E-state index in [1.807, 2.05) is 30.3 Å². The van der Waals surface area contributed by atoms with Crippen molar-refractivity contribution in [3.63, 3.8) is 0 Å². The quantitative estimate of drug-likeness (QED) is 0.767. The first-order chi connectivity index (χ1) is 15.3. The summed E-state index contributed by atoms with van der Waals surface area (Å²) in [5, 5.41) is 3.34. The van der Waals surface area contributed by atoms with Crippen LogP contribution in [0.15, 0.2) is 64.2 Å². The Kier molecular flexibility index (Phi) is 5.12. The van der Waals surface area contributed by atoms with E-state index in [0.29, 0.717) is 29.7 Å². The number of nitrogens with zero attached hydrogens (tertiary/aromatic N) is 2. The second kappa shape index (κ2) is 7.85. The normalized spacial score (nSPS) is 19.7. The number of benzene rings is 1. The number of hydrogen-bond donors (Lipinski definition) is 1. The molecule has 1 aliphatic heterocycles. The molecule has 3 aliphatic rings. The van der Waals surface area contributed by atoms with Crippen LogP contribution in [0.3, 0.4) is 0 Å². The molecule has 0 unspecified atom stereocenters. The Bertz CT molecular complexity index is 1240. The zero-order valence-corrected chi connectivity index (χ0v) is 18.7. The fraction of sp³-hybridized carbons (Fsp3) is 0.375. The molecule has 0 amide bonds. The third-order valence-corrected chi connectivity index (χ3v) is 7.44. The van der Waals surface area contributed by atoms with Crippen molar-refractivity contribution in [3.8, 4) is 0 Å². The maximum atomic E-state index is 13.1. The van der Waals surface area contributed by atoms with Gasteiger partial charge in [-0.3, -0.25) is 9.59 Å². The van der Waals surface area contributed by atoms with Crippen molar-refractivity contribution >= 4 is 21.4 Å². The van der Waals surface area contributed by atoms with Crippen molar-refractivity contribution in [1.82, 2.24) is 14.9 Å². The van der Waals surface area contributed by atoms with E-state index in [1.54, 1.807) is 4.57 Å². The standard InChI is InChI=1S/C24H25N3O4S/c1-32(30,31)24-25-13-18(27(24)14-15-7-3-2-4-8-15)23-21-16(9-5-11-19(21)28)26-17-10-6-12-20(29)22(17)23/h2-4,7-8,13,23,26H,5-6,9-12,14H2,1H3. The topological polar surface area (TPSA) is 98.1 Å². The van der Waals surface area contributed by atoms with Crippen LogP contribution >= 0.6 is 0 Å². The van der Waals surface area contributed by atoms with Crippen molar-refractivity contribution in [3.05, 3.63) is 70.3 Å². The molecule has 8 heteroatoms. The molecule has 32 heavy (non-hydrogen) atoms. The van der Waals surface area contributed by atoms with E-state index in [9.17, 15) is 18.0 Å². The smallest absolute Gasteiger partial charge is 0.227 e. The Morgan fingerprint density at radius 3 is 2.12 bits per heavy atom. The Morgan fingerprint density at radius 1 is 0.969 bits per heavy atom. The highest BCUT2D eigenvalue weighted by atomic mass is 32.2. The summed E-state index contributed by atoms with van der Waals surface area (Å²) >= 11 is 0. The van der Waals surface area contributed by atoms with Gasteiger partial charge in [0.1, 0.15) is 0 Å². The summed E-state index contributed by atoms with van der Waals surface area (Å²) < 4.78 is 26.8. The van der Waals surface area contributed by atoms with Crippen molar-refractivity contribution in [1.29, 1.82) is 0 Å². The molecule has 2 aliphatic carbocycles. The summed E-state index contributed by atoms with van der Waals surface area (Å²) in [6.07, 6.45) is 6.56. The van der Waals surface area contributed by atoms with Gasteiger partial charge in [0.15, 0.2) is 11.6 Å². The van der Waals surface area contributed by atoms with Crippen LogP contribution in [0.25, 0.3) is 0 Å². The van der Waals surface area contributed by atoms with Crippen LogP contribution in [0.2, 0.25) is 0 Å². The molecule has 0 bridgehead atoms. The number of dihydropyridines is 1. The lowest BCUT2D eigenvalue weighted by atomic mass is 9.73. The third kappa shape index (κ3) is 3.52. The molecule has 7 nitrogen and oxygen atoms in total. The molecule has 0 atom stereocenters. The molecular formula is C24H25N3O4S. The molecule has 2 heterocycles. The number of aromatic nitrogens is 2. The minimum Gasteiger partial charge on any atom is -0.362 e. The summed E-state index contributed by atoms with van der Waals surface area (Å²) in [6, 6.07) is 9.54. The van der Waals surface area contributed by atoms with Crippen LogP contribution in [0.1, 0.15) is 55.7 Å². The number of sulfone groups is 1. The van der Waals surface area contributed by atoms with Crippen molar-refractivity contribution in [2.75, 3.05) is 6.26 Å². The lowest BCUT2D eigenvalue weighted by molar-refractivity contribution is -0.117. The van der Waals surface area contributed by atoms with Crippen LogP contribution in [0, 0.1) is 0 Å². The SMILES string of the molecule is CS(=O)(=O)c1ncc(C2C3=C(CCCC3=O)NC3=C2C(=O)CCC3)n1Cc1ccccc1. The highest BCUT2D eigenvalue weighted by molar-refractivity contribution is 7.90. The Labute approximate surface area is 187 Å². The molecule has 166 valence electrons. The molecule has 5 rings (SSSR count). The van der Waals surface area contributed by atoms with Gasteiger partial charge in [-0.2, -0.15) is 0 Å². The molecule has 0 saturated carbocycles. The van der Waals surface area contributed by atoms with Gasteiger partial charge in [0.2, 0.25) is 15.0 Å². The molecule has 0 fully saturated rings. The highest BCUT2D eigenvalue weighted by Gasteiger charge is 2.42. The first kappa shape index (κ1) is 20.9. The zero-order chi connectivity index (χ0) is 22.5. The van der Waals surface area contributed by atoms with E-state index in [1.165, 1.54) is 6.20 Å². The van der Waals surface area contributed by atoms with Crippen molar-refractivity contribution < 1.29 is 18.0 Å². The average molecular weight is 452 g/mol. The van der Waals surface area contributed by atoms with E-state index in [4.69, 9.17) is 0 Å². The molecule has 2 aromatic rings. The largest absolute Gasteiger partial charge is 0.362 e. The number of imidazole rings is 1. The maximum Gasteiger partial charge on any atom is 0.227 e. The van der Waals surface area contributed by atoms with Gasteiger partial charge < -0.3 is 9.88 Å². The Morgan fingerprint density at radius 2 is 1.56 bits per heavy atom. The third-order valence-electron chi connectivity index (χ3n) is 6.45. The number of Topliss-reactive ketones (excluding diaryl/α,β-unsaturated/α-hetero) is 2. The Hall–Kier alpha value is -3.00. The molecule has 1 aromatic carbocycles. The van der Waals surface area contributed by atoms with Gasteiger partial charge >= 0.3 is 0 Å². The zero-order valence-electron chi connectivity index (χ0n) is 17.9. The lowest BCUT2D eigenvalue weighted by Gasteiger charge is -2.37. The van der Waals surface area contributed by atoms with E-state index < -0.39 is 15.8 Å². The van der Waals surface area contributed by atoms with Gasteiger partial charge in [0.05, 0.1) is 24.4 Å². The second-order valence-corrected chi connectivity index (χ2v) is 10.6. The number of allylic oxidation sites excluding steroid dienone is 4. The minimum absolute atomic E-state index is 0.0158. The van der Waals surface area contributed by atoms with E-state index in [-0.39, 0.29) is 23.3 Å². The number of carbonyl (C=O) groups is 2. The van der Waals surface area contributed by atoms with E-state index in [2.05, 4.69) is 10.3 Å². The first-order valence-electron chi connectivity index (χ1n) is 10.9. The summed E-state index contributed by atoms with van der Waals surface area (Å²) in [6.45, 7) is 0.288. The van der Waals surface area contributed by atoms with E-state index in [0.717, 1.165) is 48.9 Å². The molecule has 1 aromatic heterocycles. The van der Waals surface area contributed by atoms with Gasteiger partial charge in [0, 0.05) is 41.6 Å². The van der Waals surface area contributed by atoms with Gasteiger partial charge in [-0.05, 0) is 31.2 Å². The first-order valence-corrected chi connectivity index (χ1v) is 12.8. The van der Waals surface area contributed by atoms with E-state index >= 15 is 0 Å². The van der Waals surface area contributed by atoms with Crippen LogP contribution < -0.4 is 5.32 Å². The Balaban J connectivity index is 1.74. The summed E-state index contributed by atoms with van der Waals surface area (Å²) in [5.74, 6) is -0.558. The number of nitrogens with one attached hydrogen (secondary N) is 1. The number of hydrogen-bond acceptors (Lipinski definition) is 6. The molecule has 0 radical (unpaired) electrons. The predicted molar refractivity (Wildman–Crippen MR) is 119 cm³/mol.